The lowest BCUT2D eigenvalue weighted by Crippen LogP contribution is -2.20. The summed E-state index contributed by atoms with van der Waals surface area (Å²) in [6.07, 6.45) is 0. The molecule has 5 aromatic rings. The highest BCUT2D eigenvalue weighted by Crippen LogP contribution is 2.32. The number of tetrazole rings is 1. The number of benzene rings is 3. The van der Waals surface area contributed by atoms with Gasteiger partial charge in [-0.3, -0.25) is 0 Å². The summed E-state index contributed by atoms with van der Waals surface area (Å²) >= 11 is 0. The number of aliphatic carboxylic acids is 1. The number of aromatic amines is 1. The van der Waals surface area contributed by atoms with Crippen LogP contribution in [0.5, 0.6) is 0 Å². The van der Waals surface area contributed by atoms with E-state index in [0.717, 1.165) is 29.6 Å². The van der Waals surface area contributed by atoms with Gasteiger partial charge >= 0.3 is 5.97 Å². The molecule has 0 saturated carbocycles. The number of carboxylic acids is 1. The maximum absolute atomic E-state index is 10.4. The number of nitrogens with one attached hydrogen (secondary N) is 2. The van der Waals surface area contributed by atoms with Crippen molar-refractivity contribution in [2.45, 2.75) is 13.1 Å². The summed E-state index contributed by atoms with van der Waals surface area (Å²) in [5.41, 5.74) is 5.69. The van der Waals surface area contributed by atoms with Crippen molar-refractivity contribution in [2.75, 3.05) is 33.0 Å². The molecule has 2 aromatic heterocycles. The summed E-state index contributed by atoms with van der Waals surface area (Å²) in [5, 5.41) is 28.7. The Morgan fingerprint density at radius 1 is 0.919 bits per heavy atom. The van der Waals surface area contributed by atoms with Crippen molar-refractivity contribution in [1.29, 1.82) is 0 Å². The smallest absolute Gasteiger partial charge is 0.329 e. The molecular formula is C27H28N6O4. The van der Waals surface area contributed by atoms with Crippen LogP contribution in [0, 0.1) is 0 Å². The monoisotopic (exact) mass is 500 g/mol. The highest BCUT2D eigenvalue weighted by atomic mass is 16.5. The van der Waals surface area contributed by atoms with Crippen molar-refractivity contribution in [2.24, 2.45) is 0 Å². The maximum atomic E-state index is 10.4. The molecule has 0 aliphatic rings. The zero-order chi connectivity index (χ0) is 25.5. The van der Waals surface area contributed by atoms with Gasteiger partial charge in [0.1, 0.15) is 6.61 Å². The summed E-state index contributed by atoms with van der Waals surface area (Å²) in [4.78, 5) is 10.4. The third-order valence-corrected chi connectivity index (χ3v) is 6.09. The number of fused-ring (bicyclic) bond motifs is 3. The van der Waals surface area contributed by atoms with Crippen LogP contribution >= 0.6 is 0 Å². The van der Waals surface area contributed by atoms with E-state index in [4.69, 9.17) is 14.6 Å². The standard InChI is InChI=1S/C27H28N6O4/c34-26(35)18-37-14-13-36-12-11-28-16-19-5-7-20(8-6-19)17-33-24-4-2-1-3-22(24)23-15-21(9-10-25(23)33)27-29-31-32-30-27/h1-10,15,28H,11-14,16-18H2,(H,34,35)(H,29,30,31,32). The second kappa shape index (κ2) is 11.7. The molecule has 10 nitrogen and oxygen atoms in total. The van der Waals surface area contributed by atoms with Gasteiger partial charge < -0.3 is 24.5 Å². The number of carbonyl (C=O) groups is 1. The summed E-state index contributed by atoms with van der Waals surface area (Å²) in [6, 6.07) is 23.3. The first-order valence-electron chi connectivity index (χ1n) is 12.1. The Hall–Kier alpha value is -4.12. The predicted octanol–water partition coefficient (Wildman–Crippen LogP) is 3.23. The van der Waals surface area contributed by atoms with E-state index in [0.29, 0.717) is 25.6 Å². The first-order chi connectivity index (χ1) is 18.2. The zero-order valence-electron chi connectivity index (χ0n) is 20.3. The Bertz CT molecular complexity index is 1460. The van der Waals surface area contributed by atoms with Crippen LogP contribution < -0.4 is 5.32 Å². The Balaban J connectivity index is 1.20. The van der Waals surface area contributed by atoms with Crippen LogP contribution in [0.25, 0.3) is 33.2 Å². The molecule has 37 heavy (non-hydrogen) atoms. The van der Waals surface area contributed by atoms with Crippen molar-refractivity contribution in [3.8, 4) is 11.4 Å². The summed E-state index contributed by atoms with van der Waals surface area (Å²) in [5.74, 6) is -0.391. The summed E-state index contributed by atoms with van der Waals surface area (Å²) in [7, 11) is 0. The maximum Gasteiger partial charge on any atom is 0.329 e. The van der Waals surface area contributed by atoms with Gasteiger partial charge in [0.2, 0.25) is 5.82 Å². The molecular weight excluding hydrogens is 472 g/mol. The molecule has 0 unspecified atom stereocenters. The second-order valence-electron chi connectivity index (χ2n) is 8.62. The SMILES string of the molecule is O=C(O)COCCOCCNCc1ccc(Cn2c3ccccc3c3cc(-c4nn[nH]n4)ccc32)cc1. The van der Waals surface area contributed by atoms with Gasteiger partial charge in [-0.25, -0.2) is 4.79 Å². The fourth-order valence-electron chi connectivity index (χ4n) is 4.35. The van der Waals surface area contributed by atoms with Gasteiger partial charge in [0.05, 0.1) is 19.8 Å². The van der Waals surface area contributed by atoms with Gasteiger partial charge in [-0.05, 0) is 40.6 Å². The van der Waals surface area contributed by atoms with E-state index in [9.17, 15) is 4.79 Å². The zero-order valence-corrected chi connectivity index (χ0v) is 20.3. The molecule has 0 aliphatic carbocycles. The molecule has 0 saturated heterocycles. The molecule has 0 fully saturated rings. The van der Waals surface area contributed by atoms with Crippen molar-refractivity contribution in [3.05, 3.63) is 77.9 Å². The van der Waals surface area contributed by atoms with E-state index in [1.807, 2.05) is 6.07 Å². The normalized spacial score (nSPS) is 11.5. The minimum atomic E-state index is -0.974. The molecule has 0 radical (unpaired) electrons. The highest BCUT2D eigenvalue weighted by Gasteiger charge is 2.13. The van der Waals surface area contributed by atoms with E-state index in [-0.39, 0.29) is 13.2 Å². The Kier molecular flexibility index (Phi) is 7.80. The molecule has 0 aliphatic heterocycles. The fourth-order valence-corrected chi connectivity index (χ4v) is 4.35. The number of rotatable bonds is 13. The topological polar surface area (TPSA) is 127 Å². The molecule has 3 N–H and O–H groups in total. The Morgan fingerprint density at radius 2 is 1.70 bits per heavy atom. The minimum absolute atomic E-state index is 0.277. The average molecular weight is 501 g/mol. The highest BCUT2D eigenvalue weighted by molar-refractivity contribution is 6.09. The first-order valence-corrected chi connectivity index (χ1v) is 12.1. The van der Waals surface area contributed by atoms with Gasteiger partial charge in [0, 0.05) is 47.0 Å². The number of H-pyrrole nitrogens is 1. The molecule has 10 heteroatoms. The molecule has 2 heterocycles. The molecule has 3 aromatic carbocycles. The van der Waals surface area contributed by atoms with E-state index in [2.05, 4.69) is 91.2 Å². The van der Waals surface area contributed by atoms with Gasteiger partial charge in [0.15, 0.2) is 0 Å². The van der Waals surface area contributed by atoms with Gasteiger partial charge in [-0.15, -0.1) is 10.2 Å². The predicted molar refractivity (Wildman–Crippen MR) is 139 cm³/mol. The van der Waals surface area contributed by atoms with Crippen molar-refractivity contribution < 1.29 is 19.4 Å². The van der Waals surface area contributed by atoms with Crippen molar-refractivity contribution in [3.63, 3.8) is 0 Å². The molecule has 0 atom stereocenters. The number of para-hydroxylation sites is 1. The molecule has 0 spiro atoms. The number of hydrogen-bond donors (Lipinski definition) is 3. The van der Waals surface area contributed by atoms with E-state index < -0.39 is 5.97 Å². The van der Waals surface area contributed by atoms with Crippen LogP contribution in [0.2, 0.25) is 0 Å². The van der Waals surface area contributed by atoms with Crippen molar-refractivity contribution in [1.82, 2.24) is 30.5 Å². The average Bonchev–Trinajstić information content (AvgIpc) is 3.56. The molecule has 0 amide bonds. The van der Waals surface area contributed by atoms with Crippen molar-refractivity contribution >= 4 is 27.8 Å². The summed E-state index contributed by atoms with van der Waals surface area (Å²) < 4.78 is 12.7. The van der Waals surface area contributed by atoms with Crippen LogP contribution in [0.3, 0.4) is 0 Å². The number of aromatic nitrogens is 5. The van der Waals surface area contributed by atoms with Crippen LogP contribution in [0.15, 0.2) is 66.7 Å². The van der Waals surface area contributed by atoms with Crippen LogP contribution in [-0.2, 0) is 27.4 Å². The Morgan fingerprint density at radius 3 is 2.51 bits per heavy atom. The van der Waals surface area contributed by atoms with Gasteiger partial charge in [-0.1, -0.05) is 42.5 Å². The van der Waals surface area contributed by atoms with E-state index in [1.165, 1.54) is 22.0 Å². The largest absolute Gasteiger partial charge is 0.480 e. The van der Waals surface area contributed by atoms with Gasteiger partial charge in [0.25, 0.3) is 0 Å². The molecule has 5 rings (SSSR count). The Labute approximate surface area is 213 Å². The molecule has 190 valence electrons. The van der Waals surface area contributed by atoms with Crippen LogP contribution in [-0.4, -0.2) is 69.2 Å². The number of ether oxygens (including phenoxy) is 2. The lowest BCUT2D eigenvalue weighted by Gasteiger charge is -2.10. The third-order valence-electron chi connectivity index (χ3n) is 6.09. The minimum Gasteiger partial charge on any atom is -0.480 e. The number of nitrogens with zero attached hydrogens (tertiary/aromatic N) is 4. The van der Waals surface area contributed by atoms with Crippen LogP contribution in [0.4, 0.5) is 0 Å². The van der Waals surface area contributed by atoms with E-state index >= 15 is 0 Å². The lowest BCUT2D eigenvalue weighted by molar-refractivity contribution is -0.142. The number of hydrogen-bond acceptors (Lipinski definition) is 7. The fraction of sp³-hybridized carbons (Fsp3) is 0.259. The van der Waals surface area contributed by atoms with Gasteiger partial charge in [-0.2, -0.15) is 5.21 Å². The first kappa shape index (κ1) is 24.6. The molecule has 0 bridgehead atoms. The number of carboxylic acid groups (broad SMARTS) is 1. The van der Waals surface area contributed by atoms with E-state index in [1.54, 1.807) is 0 Å². The third kappa shape index (κ3) is 6.00. The summed E-state index contributed by atoms with van der Waals surface area (Å²) in [6.45, 7) is 3.11. The lowest BCUT2D eigenvalue weighted by atomic mass is 10.1. The van der Waals surface area contributed by atoms with Crippen LogP contribution in [0.1, 0.15) is 11.1 Å². The second-order valence-corrected chi connectivity index (χ2v) is 8.62. The quantitative estimate of drug-likeness (QED) is 0.210.